The van der Waals surface area contributed by atoms with Gasteiger partial charge in [0.2, 0.25) is 0 Å². The van der Waals surface area contributed by atoms with Crippen molar-refractivity contribution in [1.82, 2.24) is 9.55 Å². The number of carboxylic acids is 1. The number of aromatic nitrogens is 2. The van der Waals surface area contributed by atoms with Crippen LogP contribution in [0.3, 0.4) is 0 Å². The van der Waals surface area contributed by atoms with Crippen molar-refractivity contribution in [2.75, 3.05) is 0 Å². The van der Waals surface area contributed by atoms with Crippen LogP contribution in [0.15, 0.2) is 48.8 Å². The molecule has 0 amide bonds. The van der Waals surface area contributed by atoms with E-state index in [4.69, 9.17) is 10.4 Å². The number of fused-ring (bicyclic) bond motifs is 1. The Bertz CT molecular complexity index is 859. The van der Waals surface area contributed by atoms with Gasteiger partial charge in [0.1, 0.15) is 11.8 Å². The van der Waals surface area contributed by atoms with E-state index in [1.807, 2.05) is 6.07 Å². The number of benzene rings is 2. The van der Waals surface area contributed by atoms with Crippen LogP contribution in [0.4, 0.5) is 0 Å². The summed E-state index contributed by atoms with van der Waals surface area (Å²) in [6.07, 6.45) is 1.56. The summed E-state index contributed by atoms with van der Waals surface area (Å²) in [7, 11) is 0. The molecule has 0 bridgehead atoms. The van der Waals surface area contributed by atoms with E-state index < -0.39 is 5.97 Å². The monoisotopic (exact) mass is 263 g/mol. The van der Waals surface area contributed by atoms with Gasteiger partial charge in [-0.15, -0.1) is 0 Å². The predicted octanol–water partition coefficient (Wildman–Crippen LogP) is 2.60. The highest BCUT2D eigenvalue weighted by Crippen LogP contribution is 2.21. The van der Waals surface area contributed by atoms with E-state index in [2.05, 4.69) is 11.1 Å². The normalized spacial score (nSPS) is 10.3. The third-order valence-corrected chi connectivity index (χ3v) is 3.06. The molecular formula is C15H9N3O2. The highest BCUT2D eigenvalue weighted by Gasteiger charge is 2.13. The second-order valence-electron chi connectivity index (χ2n) is 4.26. The number of hydrogen-bond acceptors (Lipinski definition) is 3. The molecule has 20 heavy (non-hydrogen) atoms. The van der Waals surface area contributed by atoms with Crippen LogP contribution in [0.2, 0.25) is 0 Å². The van der Waals surface area contributed by atoms with Crippen LogP contribution < -0.4 is 0 Å². The molecule has 3 aromatic rings. The van der Waals surface area contributed by atoms with Gasteiger partial charge in [-0.2, -0.15) is 5.26 Å². The van der Waals surface area contributed by atoms with Gasteiger partial charge in [-0.1, -0.05) is 12.1 Å². The van der Waals surface area contributed by atoms with E-state index in [0.29, 0.717) is 16.6 Å². The van der Waals surface area contributed by atoms with Crippen molar-refractivity contribution < 1.29 is 9.90 Å². The minimum atomic E-state index is -1.01. The predicted molar refractivity (Wildman–Crippen MR) is 72.7 cm³/mol. The van der Waals surface area contributed by atoms with E-state index in [0.717, 1.165) is 5.69 Å². The topological polar surface area (TPSA) is 78.9 Å². The van der Waals surface area contributed by atoms with Crippen molar-refractivity contribution in [3.8, 4) is 11.8 Å². The zero-order chi connectivity index (χ0) is 14.1. The molecule has 1 aromatic heterocycles. The Hall–Kier alpha value is -3.13. The summed E-state index contributed by atoms with van der Waals surface area (Å²) in [5.41, 5.74) is 2.60. The molecule has 3 rings (SSSR count). The molecule has 1 N–H and O–H groups in total. The first kappa shape index (κ1) is 11.9. The van der Waals surface area contributed by atoms with Gasteiger partial charge in [0, 0.05) is 5.69 Å². The molecule has 0 fully saturated rings. The van der Waals surface area contributed by atoms with Gasteiger partial charge in [-0.25, -0.2) is 9.78 Å². The Morgan fingerprint density at radius 2 is 2.05 bits per heavy atom. The second-order valence-corrected chi connectivity index (χ2v) is 4.26. The van der Waals surface area contributed by atoms with Gasteiger partial charge in [0.05, 0.1) is 22.7 Å². The molecule has 0 aliphatic carbocycles. The molecule has 0 saturated carbocycles. The molecule has 0 aliphatic rings. The van der Waals surface area contributed by atoms with Crippen LogP contribution in [0, 0.1) is 11.3 Å². The van der Waals surface area contributed by atoms with Gasteiger partial charge < -0.3 is 5.11 Å². The van der Waals surface area contributed by atoms with Crippen molar-refractivity contribution in [2.45, 2.75) is 0 Å². The Balaban J connectivity index is 2.25. The van der Waals surface area contributed by atoms with Crippen molar-refractivity contribution in [3.63, 3.8) is 0 Å². The Kier molecular flexibility index (Phi) is 2.70. The number of imidazole rings is 1. The lowest BCUT2D eigenvalue weighted by molar-refractivity contribution is 0.0699. The Morgan fingerprint density at radius 1 is 1.25 bits per heavy atom. The van der Waals surface area contributed by atoms with Gasteiger partial charge in [-0.05, 0) is 30.3 Å². The highest BCUT2D eigenvalue weighted by atomic mass is 16.4. The molecule has 0 aliphatic heterocycles. The minimum absolute atomic E-state index is 0.165. The van der Waals surface area contributed by atoms with Crippen molar-refractivity contribution in [3.05, 3.63) is 59.9 Å². The molecule has 5 heteroatoms. The molecule has 96 valence electrons. The quantitative estimate of drug-likeness (QED) is 0.770. The van der Waals surface area contributed by atoms with Gasteiger partial charge in [0.25, 0.3) is 0 Å². The molecule has 0 radical (unpaired) electrons. The van der Waals surface area contributed by atoms with Crippen LogP contribution in [0.1, 0.15) is 15.9 Å². The summed E-state index contributed by atoms with van der Waals surface area (Å²) in [5, 5.41) is 18.1. The summed E-state index contributed by atoms with van der Waals surface area (Å²) < 4.78 is 1.77. The zero-order valence-electron chi connectivity index (χ0n) is 10.3. The van der Waals surface area contributed by atoms with Crippen LogP contribution >= 0.6 is 0 Å². The lowest BCUT2D eigenvalue weighted by Gasteiger charge is -2.04. The van der Waals surface area contributed by atoms with E-state index in [1.165, 1.54) is 6.07 Å². The smallest absolute Gasteiger partial charge is 0.337 e. The molecule has 0 atom stereocenters. The van der Waals surface area contributed by atoms with Crippen LogP contribution in [0.5, 0.6) is 0 Å². The van der Waals surface area contributed by atoms with Crippen molar-refractivity contribution in [2.24, 2.45) is 0 Å². The van der Waals surface area contributed by atoms with Crippen LogP contribution in [-0.2, 0) is 0 Å². The fourth-order valence-corrected chi connectivity index (χ4v) is 2.14. The number of aromatic carboxylic acids is 1. The van der Waals surface area contributed by atoms with Crippen molar-refractivity contribution >= 4 is 17.0 Å². The SMILES string of the molecule is N#Cc1cccc(-n2cnc3c(C(=O)O)cccc32)c1. The summed E-state index contributed by atoms with van der Waals surface area (Å²) >= 11 is 0. The average Bonchev–Trinajstić information content (AvgIpc) is 2.91. The largest absolute Gasteiger partial charge is 0.478 e. The van der Waals surface area contributed by atoms with Gasteiger partial charge in [-0.3, -0.25) is 4.57 Å². The first-order chi connectivity index (χ1) is 9.70. The lowest BCUT2D eigenvalue weighted by atomic mass is 10.1. The Morgan fingerprint density at radius 3 is 2.80 bits per heavy atom. The van der Waals surface area contributed by atoms with E-state index in [9.17, 15) is 4.79 Å². The molecule has 1 heterocycles. The molecule has 0 unspecified atom stereocenters. The second kappa shape index (κ2) is 4.52. The number of nitrogens with zero attached hydrogens (tertiary/aromatic N) is 3. The van der Waals surface area contributed by atoms with E-state index >= 15 is 0 Å². The first-order valence-corrected chi connectivity index (χ1v) is 5.90. The highest BCUT2D eigenvalue weighted by molar-refractivity contribution is 6.01. The molecule has 0 saturated heterocycles. The fraction of sp³-hybridized carbons (Fsp3) is 0. The third-order valence-electron chi connectivity index (χ3n) is 3.06. The number of nitriles is 1. The van der Waals surface area contributed by atoms with E-state index in [1.54, 1.807) is 41.2 Å². The lowest BCUT2D eigenvalue weighted by Crippen LogP contribution is -1.98. The number of rotatable bonds is 2. The first-order valence-electron chi connectivity index (χ1n) is 5.90. The maximum atomic E-state index is 11.2. The maximum absolute atomic E-state index is 11.2. The Labute approximate surface area is 114 Å². The third kappa shape index (κ3) is 1.80. The van der Waals surface area contributed by atoms with Crippen molar-refractivity contribution in [1.29, 1.82) is 5.26 Å². The summed E-state index contributed by atoms with van der Waals surface area (Å²) in [4.78, 5) is 15.3. The summed E-state index contributed by atoms with van der Waals surface area (Å²) in [6.45, 7) is 0. The average molecular weight is 263 g/mol. The number of hydrogen-bond donors (Lipinski definition) is 1. The standard InChI is InChI=1S/C15H9N3O2/c16-8-10-3-1-4-11(7-10)18-9-17-14-12(15(19)20)5-2-6-13(14)18/h1-7,9H,(H,19,20). The van der Waals surface area contributed by atoms with E-state index in [-0.39, 0.29) is 5.56 Å². The maximum Gasteiger partial charge on any atom is 0.337 e. The number of carbonyl (C=O) groups is 1. The minimum Gasteiger partial charge on any atom is -0.478 e. The number of para-hydroxylation sites is 1. The zero-order valence-corrected chi connectivity index (χ0v) is 10.3. The summed E-state index contributed by atoms with van der Waals surface area (Å²) in [5.74, 6) is -1.01. The molecule has 5 nitrogen and oxygen atoms in total. The van der Waals surface area contributed by atoms with Crippen LogP contribution in [-0.4, -0.2) is 20.6 Å². The summed E-state index contributed by atoms with van der Waals surface area (Å²) in [6, 6.07) is 14.1. The van der Waals surface area contributed by atoms with Crippen LogP contribution in [0.25, 0.3) is 16.7 Å². The van der Waals surface area contributed by atoms with Gasteiger partial charge >= 0.3 is 5.97 Å². The molecule has 0 spiro atoms. The number of carboxylic acid groups (broad SMARTS) is 1. The fourth-order valence-electron chi connectivity index (χ4n) is 2.14. The molecular weight excluding hydrogens is 254 g/mol. The van der Waals surface area contributed by atoms with Gasteiger partial charge in [0.15, 0.2) is 0 Å². The molecule has 2 aromatic carbocycles.